The molecule has 0 aromatic carbocycles. The van der Waals surface area contributed by atoms with Crippen molar-refractivity contribution in [1.82, 2.24) is 15.3 Å². The van der Waals surface area contributed by atoms with Crippen LogP contribution in [0.3, 0.4) is 0 Å². The smallest absolute Gasteiger partial charge is 0.337 e. The maximum absolute atomic E-state index is 11.4. The molecule has 2 aromatic rings. The molecular weight excluding hydrogens is 262 g/mol. The Morgan fingerprint density at radius 2 is 2.05 bits per heavy atom. The fraction of sp³-hybridized carbons (Fsp3) is 0.0769. The molecule has 0 fully saturated rings. The van der Waals surface area contributed by atoms with E-state index in [0.29, 0.717) is 5.75 Å². The number of hydrogen-bond donors (Lipinski definition) is 2. The lowest BCUT2D eigenvalue weighted by Gasteiger charge is -2.06. The summed E-state index contributed by atoms with van der Waals surface area (Å²) in [5, 5.41) is 11.3. The number of carboxylic acid groups (broad SMARTS) is 1. The van der Waals surface area contributed by atoms with E-state index in [1.165, 1.54) is 37.8 Å². The summed E-state index contributed by atoms with van der Waals surface area (Å²) in [7, 11) is 1.50. The number of carbonyl (C=O) groups is 2. The van der Waals surface area contributed by atoms with E-state index in [4.69, 9.17) is 9.84 Å². The number of nitrogens with one attached hydrogen (secondary N) is 1. The zero-order valence-corrected chi connectivity index (χ0v) is 10.5. The summed E-state index contributed by atoms with van der Waals surface area (Å²) in [6.07, 6.45) is 4.03. The average molecular weight is 273 g/mol. The molecule has 0 spiro atoms. The fourth-order valence-electron chi connectivity index (χ4n) is 1.45. The van der Waals surface area contributed by atoms with Crippen LogP contribution < -0.4 is 10.1 Å². The molecule has 102 valence electrons. The number of aromatic nitrogens is 2. The van der Waals surface area contributed by atoms with Gasteiger partial charge in [-0.2, -0.15) is 0 Å². The van der Waals surface area contributed by atoms with Crippen LogP contribution in [0, 0.1) is 0 Å². The summed E-state index contributed by atoms with van der Waals surface area (Å²) in [5.41, 5.74) is 0.218. The van der Waals surface area contributed by atoms with Gasteiger partial charge in [-0.25, -0.2) is 4.79 Å². The van der Waals surface area contributed by atoms with Crippen molar-refractivity contribution >= 4 is 11.9 Å². The molecule has 2 aromatic heterocycles. The first kappa shape index (κ1) is 13.5. The van der Waals surface area contributed by atoms with Crippen LogP contribution >= 0.6 is 0 Å². The van der Waals surface area contributed by atoms with Crippen LogP contribution in [0.1, 0.15) is 20.8 Å². The third-order valence-corrected chi connectivity index (χ3v) is 2.39. The first-order chi connectivity index (χ1) is 9.60. The van der Waals surface area contributed by atoms with Gasteiger partial charge >= 0.3 is 5.97 Å². The topological polar surface area (TPSA) is 101 Å². The molecule has 7 heteroatoms. The Balaban J connectivity index is 2.24. The number of ether oxygens (including phenoxy) is 1. The van der Waals surface area contributed by atoms with E-state index in [0.717, 1.165) is 0 Å². The number of nitrogens with zero attached hydrogens (tertiary/aromatic N) is 2. The van der Waals surface area contributed by atoms with E-state index in [9.17, 15) is 9.59 Å². The summed E-state index contributed by atoms with van der Waals surface area (Å²) in [4.78, 5) is 29.9. The molecule has 0 unspecified atom stereocenters. The van der Waals surface area contributed by atoms with Crippen molar-refractivity contribution in [2.75, 3.05) is 7.05 Å². The minimum atomic E-state index is -1.09. The quantitative estimate of drug-likeness (QED) is 0.871. The highest BCUT2D eigenvalue weighted by atomic mass is 16.5. The first-order valence-corrected chi connectivity index (χ1v) is 5.64. The molecule has 0 saturated heterocycles. The molecule has 0 bridgehead atoms. The molecule has 0 aliphatic heterocycles. The molecule has 0 radical (unpaired) electrons. The molecule has 20 heavy (non-hydrogen) atoms. The van der Waals surface area contributed by atoms with Crippen LogP contribution in [0.15, 0.2) is 36.8 Å². The van der Waals surface area contributed by atoms with Gasteiger partial charge in [0.2, 0.25) is 0 Å². The first-order valence-electron chi connectivity index (χ1n) is 5.64. The van der Waals surface area contributed by atoms with E-state index in [2.05, 4.69) is 15.3 Å². The third-order valence-electron chi connectivity index (χ3n) is 2.39. The Hall–Kier alpha value is -2.96. The van der Waals surface area contributed by atoms with Gasteiger partial charge < -0.3 is 15.2 Å². The number of carboxylic acids is 1. The van der Waals surface area contributed by atoms with Crippen LogP contribution in [-0.2, 0) is 0 Å². The molecule has 0 saturated carbocycles. The van der Waals surface area contributed by atoms with Gasteiger partial charge in [0.25, 0.3) is 5.91 Å². The number of aromatic carboxylic acids is 1. The van der Waals surface area contributed by atoms with Gasteiger partial charge in [0.15, 0.2) is 0 Å². The molecule has 7 nitrogen and oxygen atoms in total. The Labute approximate surface area is 114 Å². The van der Waals surface area contributed by atoms with Crippen molar-refractivity contribution in [3.63, 3.8) is 0 Å². The summed E-state index contributed by atoms with van der Waals surface area (Å²) >= 11 is 0. The lowest BCUT2D eigenvalue weighted by Crippen LogP contribution is -2.18. The molecule has 2 rings (SSSR count). The Morgan fingerprint density at radius 3 is 2.75 bits per heavy atom. The van der Waals surface area contributed by atoms with Gasteiger partial charge in [-0.3, -0.25) is 14.8 Å². The second-order valence-corrected chi connectivity index (χ2v) is 3.77. The van der Waals surface area contributed by atoms with Crippen LogP contribution in [0.4, 0.5) is 0 Å². The number of hydrogen-bond acceptors (Lipinski definition) is 5. The number of amides is 1. The fourth-order valence-corrected chi connectivity index (χ4v) is 1.45. The highest BCUT2D eigenvalue weighted by Gasteiger charge is 2.08. The Kier molecular flexibility index (Phi) is 3.90. The van der Waals surface area contributed by atoms with E-state index < -0.39 is 5.97 Å². The van der Waals surface area contributed by atoms with Crippen molar-refractivity contribution in [3.8, 4) is 11.5 Å². The Morgan fingerprint density at radius 1 is 1.25 bits per heavy atom. The van der Waals surface area contributed by atoms with Crippen LogP contribution in [0.25, 0.3) is 0 Å². The van der Waals surface area contributed by atoms with Gasteiger partial charge in [0.1, 0.15) is 17.2 Å². The van der Waals surface area contributed by atoms with Gasteiger partial charge in [0, 0.05) is 25.5 Å². The number of carbonyl (C=O) groups excluding carboxylic acids is 1. The lowest BCUT2D eigenvalue weighted by atomic mass is 10.3. The van der Waals surface area contributed by atoms with Crippen molar-refractivity contribution < 1.29 is 19.4 Å². The standard InChI is InChI=1S/C13H11N3O4/c1-14-12(17)11-5-9(2-3-16-11)20-10-4-8(13(18)19)6-15-7-10/h2-7H,1H3,(H,14,17)(H,18,19). The Bertz CT molecular complexity index is 658. The molecule has 1 amide bonds. The minimum absolute atomic E-state index is 0.0167. The van der Waals surface area contributed by atoms with Gasteiger partial charge in [0.05, 0.1) is 11.8 Å². The maximum atomic E-state index is 11.4. The summed E-state index contributed by atoms with van der Waals surface area (Å²) in [6, 6.07) is 4.35. The highest BCUT2D eigenvalue weighted by molar-refractivity contribution is 5.92. The predicted octanol–water partition coefficient (Wildman–Crippen LogP) is 1.33. The molecular formula is C13H11N3O4. The van der Waals surface area contributed by atoms with Crippen LogP contribution in [0.2, 0.25) is 0 Å². The van der Waals surface area contributed by atoms with Crippen LogP contribution in [0.5, 0.6) is 11.5 Å². The second kappa shape index (κ2) is 5.79. The van der Waals surface area contributed by atoms with Crippen molar-refractivity contribution in [3.05, 3.63) is 48.0 Å². The maximum Gasteiger partial charge on any atom is 0.337 e. The third kappa shape index (κ3) is 3.08. The van der Waals surface area contributed by atoms with E-state index in [1.54, 1.807) is 6.07 Å². The van der Waals surface area contributed by atoms with Crippen molar-refractivity contribution in [2.45, 2.75) is 0 Å². The summed E-state index contributed by atoms with van der Waals surface area (Å²) in [6.45, 7) is 0. The minimum Gasteiger partial charge on any atom is -0.478 e. The molecule has 0 aliphatic carbocycles. The normalized spacial score (nSPS) is 9.85. The number of pyridine rings is 2. The molecule has 0 atom stereocenters. The van der Waals surface area contributed by atoms with Gasteiger partial charge in [-0.15, -0.1) is 0 Å². The second-order valence-electron chi connectivity index (χ2n) is 3.77. The zero-order valence-electron chi connectivity index (χ0n) is 10.5. The van der Waals surface area contributed by atoms with E-state index >= 15 is 0 Å². The SMILES string of the molecule is CNC(=O)c1cc(Oc2cncc(C(=O)O)c2)ccn1. The number of rotatable bonds is 4. The summed E-state index contributed by atoms with van der Waals surface area (Å²) in [5.74, 6) is -0.807. The zero-order chi connectivity index (χ0) is 14.5. The van der Waals surface area contributed by atoms with Crippen LogP contribution in [-0.4, -0.2) is 34.0 Å². The monoisotopic (exact) mass is 273 g/mol. The summed E-state index contributed by atoms with van der Waals surface area (Å²) < 4.78 is 5.46. The molecule has 2 N–H and O–H groups in total. The van der Waals surface area contributed by atoms with E-state index in [1.807, 2.05) is 0 Å². The van der Waals surface area contributed by atoms with Crippen molar-refractivity contribution in [1.29, 1.82) is 0 Å². The van der Waals surface area contributed by atoms with Gasteiger partial charge in [-0.1, -0.05) is 0 Å². The molecule has 2 heterocycles. The van der Waals surface area contributed by atoms with E-state index in [-0.39, 0.29) is 22.9 Å². The largest absolute Gasteiger partial charge is 0.478 e. The average Bonchev–Trinajstić information content (AvgIpc) is 2.47. The lowest BCUT2D eigenvalue weighted by molar-refractivity contribution is 0.0695. The van der Waals surface area contributed by atoms with Gasteiger partial charge in [-0.05, 0) is 12.1 Å². The highest BCUT2D eigenvalue weighted by Crippen LogP contribution is 2.21. The van der Waals surface area contributed by atoms with Crippen molar-refractivity contribution in [2.24, 2.45) is 0 Å². The predicted molar refractivity (Wildman–Crippen MR) is 68.9 cm³/mol. The molecule has 0 aliphatic rings.